The maximum Gasteiger partial charge on any atom is 0.321 e. The predicted octanol–water partition coefficient (Wildman–Crippen LogP) is 3.73. The first kappa shape index (κ1) is 20.4. The molecular weight excluding hydrogens is 377 g/mol. The molecule has 2 aromatic carbocycles. The van der Waals surface area contributed by atoms with E-state index < -0.39 is 0 Å². The first-order valence-corrected chi connectivity index (χ1v) is 9.34. The third-order valence-electron chi connectivity index (χ3n) is 4.83. The number of hydrogen-bond acceptors (Lipinski definition) is 4. The zero-order valence-corrected chi connectivity index (χ0v) is 16.4. The largest absolute Gasteiger partial charge is 0.493 e. The molecule has 1 heterocycles. The highest BCUT2D eigenvalue weighted by Gasteiger charge is 2.28. The number of rotatable bonds is 5. The van der Waals surface area contributed by atoms with Gasteiger partial charge in [0.05, 0.1) is 20.1 Å². The number of nitrogens with zero attached hydrogens (tertiary/aromatic N) is 1. The van der Waals surface area contributed by atoms with Crippen molar-refractivity contribution in [1.82, 2.24) is 4.90 Å². The highest BCUT2D eigenvalue weighted by Crippen LogP contribution is 2.30. The van der Waals surface area contributed by atoms with E-state index in [9.17, 15) is 14.0 Å². The van der Waals surface area contributed by atoms with E-state index >= 15 is 0 Å². The van der Waals surface area contributed by atoms with Crippen LogP contribution in [0.4, 0.5) is 20.6 Å². The second kappa shape index (κ2) is 9.27. The van der Waals surface area contributed by atoms with E-state index in [0.717, 1.165) is 6.42 Å². The van der Waals surface area contributed by atoms with E-state index in [4.69, 9.17) is 9.47 Å². The number of methoxy groups -OCH3 is 2. The molecule has 3 rings (SSSR count). The number of carbonyl (C=O) groups is 2. The molecule has 1 atom stereocenters. The average Bonchev–Trinajstić information content (AvgIpc) is 2.75. The number of amides is 3. The Morgan fingerprint density at radius 2 is 1.69 bits per heavy atom. The minimum absolute atomic E-state index is 0.156. The number of ether oxygens (including phenoxy) is 2. The van der Waals surface area contributed by atoms with Crippen LogP contribution in [-0.4, -0.2) is 44.1 Å². The molecule has 0 unspecified atom stereocenters. The van der Waals surface area contributed by atoms with Gasteiger partial charge in [-0.05, 0) is 49.2 Å². The number of nitrogens with one attached hydrogen (secondary N) is 2. The Morgan fingerprint density at radius 3 is 2.38 bits per heavy atom. The standard InChI is InChI=1S/C21H24FN3O4/c1-28-18-10-9-17(12-19(18)29-2)23-20(26)14-4-3-11-25(13-14)21(27)24-16-7-5-15(22)6-8-16/h5-10,12,14H,3-4,11,13H2,1-2H3,(H,23,26)(H,24,27)/t14-/m1/s1. The molecule has 1 aliphatic rings. The number of carbonyl (C=O) groups excluding carboxylic acids is 2. The molecule has 1 saturated heterocycles. The first-order chi connectivity index (χ1) is 14.0. The Kier molecular flexibility index (Phi) is 6.54. The lowest BCUT2D eigenvalue weighted by atomic mass is 9.97. The number of anilines is 2. The van der Waals surface area contributed by atoms with E-state index in [-0.39, 0.29) is 23.7 Å². The summed E-state index contributed by atoms with van der Waals surface area (Å²) in [5.41, 5.74) is 1.11. The highest BCUT2D eigenvalue weighted by molar-refractivity contribution is 5.94. The number of benzene rings is 2. The van der Waals surface area contributed by atoms with Gasteiger partial charge in [0.2, 0.25) is 5.91 Å². The Hall–Kier alpha value is -3.29. The smallest absolute Gasteiger partial charge is 0.321 e. The molecule has 154 valence electrons. The molecule has 0 radical (unpaired) electrons. The second-order valence-electron chi connectivity index (χ2n) is 6.78. The quantitative estimate of drug-likeness (QED) is 0.800. The minimum Gasteiger partial charge on any atom is -0.493 e. The van der Waals surface area contributed by atoms with Crippen molar-refractivity contribution in [2.45, 2.75) is 12.8 Å². The van der Waals surface area contributed by atoms with Crippen LogP contribution in [0.2, 0.25) is 0 Å². The van der Waals surface area contributed by atoms with Crippen molar-refractivity contribution in [1.29, 1.82) is 0 Å². The van der Waals surface area contributed by atoms with Gasteiger partial charge in [0.25, 0.3) is 0 Å². The predicted molar refractivity (Wildman–Crippen MR) is 108 cm³/mol. The molecule has 8 heteroatoms. The van der Waals surface area contributed by atoms with E-state index in [1.165, 1.54) is 31.4 Å². The SMILES string of the molecule is COc1ccc(NC(=O)[C@@H]2CCCN(C(=O)Nc3ccc(F)cc3)C2)cc1OC. The first-order valence-electron chi connectivity index (χ1n) is 9.34. The van der Waals surface area contributed by atoms with E-state index in [2.05, 4.69) is 10.6 Å². The molecule has 29 heavy (non-hydrogen) atoms. The van der Waals surface area contributed by atoms with Crippen molar-refractivity contribution in [3.63, 3.8) is 0 Å². The summed E-state index contributed by atoms with van der Waals surface area (Å²) in [7, 11) is 3.08. The van der Waals surface area contributed by atoms with Crippen LogP contribution in [0.1, 0.15) is 12.8 Å². The minimum atomic E-state index is -0.368. The molecule has 1 aliphatic heterocycles. The Labute approximate surface area is 168 Å². The second-order valence-corrected chi connectivity index (χ2v) is 6.78. The number of halogens is 1. The lowest BCUT2D eigenvalue weighted by molar-refractivity contribution is -0.121. The fraction of sp³-hybridized carbons (Fsp3) is 0.333. The van der Waals surface area contributed by atoms with Crippen molar-refractivity contribution in [3.05, 3.63) is 48.3 Å². The van der Waals surface area contributed by atoms with Crippen molar-refractivity contribution in [3.8, 4) is 11.5 Å². The third-order valence-corrected chi connectivity index (χ3v) is 4.83. The van der Waals surface area contributed by atoms with Gasteiger partial charge in [-0.2, -0.15) is 0 Å². The number of hydrogen-bond donors (Lipinski definition) is 2. The number of piperidine rings is 1. The van der Waals surface area contributed by atoms with Gasteiger partial charge >= 0.3 is 6.03 Å². The van der Waals surface area contributed by atoms with Gasteiger partial charge < -0.3 is 25.0 Å². The summed E-state index contributed by atoms with van der Waals surface area (Å²) < 4.78 is 23.5. The van der Waals surface area contributed by atoms with Crippen LogP contribution in [-0.2, 0) is 4.79 Å². The van der Waals surface area contributed by atoms with Gasteiger partial charge in [0.1, 0.15) is 5.82 Å². The van der Waals surface area contributed by atoms with E-state index in [1.807, 2.05) is 0 Å². The van der Waals surface area contributed by atoms with Crippen LogP contribution in [0.5, 0.6) is 11.5 Å². The molecule has 3 amide bonds. The lowest BCUT2D eigenvalue weighted by Crippen LogP contribution is -2.45. The summed E-state index contributed by atoms with van der Waals surface area (Å²) in [6.45, 7) is 0.874. The number of urea groups is 1. The summed E-state index contributed by atoms with van der Waals surface area (Å²) >= 11 is 0. The van der Waals surface area contributed by atoms with Gasteiger partial charge in [-0.1, -0.05) is 0 Å². The molecule has 0 spiro atoms. The van der Waals surface area contributed by atoms with Crippen LogP contribution in [0.25, 0.3) is 0 Å². The monoisotopic (exact) mass is 401 g/mol. The summed E-state index contributed by atoms with van der Waals surface area (Å²) in [5.74, 6) is 0.251. The molecule has 0 bridgehead atoms. The van der Waals surface area contributed by atoms with Crippen LogP contribution in [0.15, 0.2) is 42.5 Å². The van der Waals surface area contributed by atoms with Gasteiger partial charge in [0, 0.05) is 30.5 Å². The van der Waals surface area contributed by atoms with E-state index in [0.29, 0.717) is 42.4 Å². The molecule has 0 aromatic heterocycles. The normalized spacial score (nSPS) is 16.1. The van der Waals surface area contributed by atoms with Crippen LogP contribution in [0, 0.1) is 11.7 Å². The molecule has 1 fully saturated rings. The van der Waals surface area contributed by atoms with Crippen LogP contribution >= 0.6 is 0 Å². The fourth-order valence-electron chi connectivity index (χ4n) is 3.27. The Morgan fingerprint density at radius 1 is 1.00 bits per heavy atom. The summed E-state index contributed by atoms with van der Waals surface area (Å²) in [6.07, 6.45) is 1.42. The van der Waals surface area contributed by atoms with Crippen molar-refractivity contribution in [2.75, 3.05) is 37.9 Å². The van der Waals surface area contributed by atoms with Gasteiger partial charge in [-0.15, -0.1) is 0 Å². The van der Waals surface area contributed by atoms with Gasteiger partial charge in [-0.25, -0.2) is 9.18 Å². The fourth-order valence-corrected chi connectivity index (χ4v) is 3.27. The zero-order chi connectivity index (χ0) is 20.8. The molecule has 2 N–H and O–H groups in total. The van der Waals surface area contributed by atoms with Gasteiger partial charge in [-0.3, -0.25) is 4.79 Å². The summed E-state index contributed by atoms with van der Waals surface area (Å²) in [4.78, 5) is 26.8. The molecule has 0 saturated carbocycles. The molecular formula is C21H24FN3O4. The zero-order valence-electron chi connectivity index (χ0n) is 16.4. The van der Waals surface area contributed by atoms with Crippen LogP contribution < -0.4 is 20.1 Å². The maximum atomic E-state index is 13.0. The Bertz CT molecular complexity index is 873. The summed E-state index contributed by atoms with van der Waals surface area (Å²) in [5, 5.41) is 5.61. The molecule has 2 aromatic rings. The molecule has 0 aliphatic carbocycles. The summed E-state index contributed by atoms with van der Waals surface area (Å²) in [6, 6.07) is 10.4. The highest BCUT2D eigenvalue weighted by atomic mass is 19.1. The number of likely N-dealkylation sites (tertiary alicyclic amines) is 1. The van der Waals surface area contributed by atoms with Crippen molar-refractivity contribution < 1.29 is 23.5 Å². The third kappa shape index (κ3) is 5.16. The van der Waals surface area contributed by atoms with Crippen molar-refractivity contribution in [2.24, 2.45) is 5.92 Å². The maximum absolute atomic E-state index is 13.0. The lowest BCUT2D eigenvalue weighted by Gasteiger charge is -2.32. The van der Waals surface area contributed by atoms with Crippen molar-refractivity contribution >= 4 is 23.3 Å². The van der Waals surface area contributed by atoms with Gasteiger partial charge in [0.15, 0.2) is 11.5 Å². The average molecular weight is 401 g/mol. The Balaban J connectivity index is 1.60. The van der Waals surface area contributed by atoms with E-state index in [1.54, 1.807) is 30.2 Å². The molecule has 7 nitrogen and oxygen atoms in total. The van der Waals surface area contributed by atoms with Crippen LogP contribution in [0.3, 0.4) is 0 Å². The topological polar surface area (TPSA) is 79.9 Å².